The Balaban J connectivity index is 1.97. The van der Waals surface area contributed by atoms with Crippen LogP contribution in [0, 0.1) is 0 Å². The van der Waals surface area contributed by atoms with E-state index in [1.54, 1.807) is 6.07 Å². The first kappa shape index (κ1) is 13.4. The molecule has 7 heteroatoms. The third-order valence-corrected chi connectivity index (χ3v) is 3.76. The zero-order valence-electron chi connectivity index (χ0n) is 10.7. The number of H-pyrrole nitrogens is 1. The number of hydrogen-bond acceptors (Lipinski definition) is 6. The van der Waals surface area contributed by atoms with Crippen molar-refractivity contribution in [2.24, 2.45) is 0 Å². The number of phenols is 1. The Kier molecular flexibility index (Phi) is 3.49. The second-order valence-electron chi connectivity index (χ2n) is 4.30. The molecule has 0 aliphatic heterocycles. The summed E-state index contributed by atoms with van der Waals surface area (Å²) in [6, 6.07) is 7.34. The average molecular weight is 302 g/mol. The SMILES string of the molecule is O=c1ccnc(SCc2cc(=O)oc3cc(O)ccc23)[nH]1. The van der Waals surface area contributed by atoms with Crippen LogP contribution in [-0.4, -0.2) is 15.1 Å². The highest BCUT2D eigenvalue weighted by Gasteiger charge is 2.08. The first-order chi connectivity index (χ1) is 10.1. The van der Waals surface area contributed by atoms with Crippen LogP contribution in [0.15, 0.2) is 55.7 Å². The molecule has 0 bridgehead atoms. The van der Waals surface area contributed by atoms with Gasteiger partial charge in [-0.05, 0) is 17.7 Å². The van der Waals surface area contributed by atoms with E-state index in [9.17, 15) is 14.7 Å². The van der Waals surface area contributed by atoms with Gasteiger partial charge in [0.15, 0.2) is 5.16 Å². The van der Waals surface area contributed by atoms with Gasteiger partial charge in [0, 0.05) is 35.5 Å². The van der Waals surface area contributed by atoms with Crippen LogP contribution in [0.5, 0.6) is 5.75 Å². The fourth-order valence-corrected chi connectivity index (χ4v) is 2.75. The van der Waals surface area contributed by atoms with Gasteiger partial charge in [0.05, 0.1) is 0 Å². The van der Waals surface area contributed by atoms with Crippen LogP contribution in [0.25, 0.3) is 11.0 Å². The van der Waals surface area contributed by atoms with Crippen LogP contribution in [0.3, 0.4) is 0 Å². The maximum Gasteiger partial charge on any atom is 0.336 e. The molecule has 0 amide bonds. The Labute approximate surface area is 122 Å². The van der Waals surface area contributed by atoms with Crippen LogP contribution in [0.1, 0.15) is 5.56 Å². The minimum atomic E-state index is -0.488. The Morgan fingerprint density at radius 3 is 2.90 bits per heavy atom. The molecule has 0 spiro atoms. The van der Waals surface area contributed by atoms with E-state index < -0.39 is 5.63 Å². The van der Waals surface area contributed by atoms with Crippen molar-refractivity contribution in [3.63, 3.8) is 0 Å². The molecule has 2 N–H and O–H groups in total. The maximum absolute atomic E-state index is 11.6. The second-order valence-corrected chi connectivity index (χ2v) is 5.26. The number of benzene rings is 1. The Bertz CT molecular complexity index is 916. The predicted octanol–water partition coefficient (Wildman–Crippen LogP) is 1.87. The topological polar surface area (TPSA) is 96.2 Å². The summed E-state index contributed by atoms with van der Waals surface area (Å²) in [5.74, 6) is 0.476. The summed E-state index contributed by atoms with van der Waals surface area (Å²) in [5, 5.41) is 10.6. The number of rotatable bonds is 3. The summed E-state index contributed by atoms with van der Waals surface area (Å²) < 4.78 is 5.06. The maximum atomic E-state index is 11.6. The van der Waals surface area contributed by atoms with Gasteiger partial charge in [0.2, 0.25) is 0 Å². The van der Waals surface area contributed by atoms with E-state index in [-0.39, 0.29) is 11.3 Å². The Morgan fingerprint density at radius 1 is 1.24 bits per heavy atom. The number of thioether (sulfide) groups is 1. The molecule has 0 saturated carbocycles. The van der Waals surface area contributed by atoms with Crippen LogP contribution in [-0.2, 0) is 5.75 Å². The first-order valence-electron chi connectivity index (χ1n) is 6.06. The van der Waals surface area contributed by atoms with E-state index in [1.165, 1.54) is 42.2 Å². The van der Waals surface area contributed by atoms with Gasteiger partial charge < -0.3 is 14.5 Å². The number of aromatic hydroxyl groups is 1. The second kappa shape index (κ2) is 5.45. The van der Waals surface area contributed by atoms with Gasteiger partial charge in [-0.25, -0.2) is 9.78 Å². The number of phenolic OH excluding ortho intramolecular Hbond substituents is 1. The van der Waals surface area contributed by atoms with Crippen molar-refractivity contribution < 1.29 is 9.52 Å². The summed E-state index contributed by atoms with van der Waals surface area (Å²) in [6.07, 6.45) is 1.43. The summed E-state index contributed by atoms with van der Waals surface area (Å²) in [4.78, 5) is 29.4. The fraction of sp³-hybridized carbons (Fsp3) is 0.0714. The van der Waals surface area contributed by atoms with Crippen LogP contribution >= 0.6 is 11.8 Å². The molecule has 0 aliphatic carbocycles. The highest BCUT2D eigenvalue weighted by Crippen LogP contribution is 2.26. The van der Waals surface area contributed by atoms with E-state index in [0.717, 1.165) is 10.9 Å². The molecule has 3 aromatic rings. The number of aromatic amines is 1. The van der Waals surface area contributed by atoms with Gasteiger partial charge in [0.1, 0.15) is 11.3 Å². The summed E-state index contributed by atoms with van der Waals surface area (Å²) in [7, 11) is 0. The van der Waals surface area contributed by atoms with E-state index in [4.69, 9.17) is 4.42 Å². The van der Waals surface area contributed by atoms with E-state index in [0.29, 0.717) is 16.5 Å². The molecular formula is C14H10N2O4S. The standard InChI is InChI=1S/C14H10N2O4S/c17-9-1-2-10-8(5-13(19)20-11(10)6-9)7-21-14-15-4-3-12(18)16-14/h1-6,17H,7H2,(H,15,16,18). The van der Waals surface area contributed by atoms with Crippen molar-refractivity contribution in [1.29, 1.82) is 0 Å². The minimum absolute atomic E-state index is 0.0320. The molecule has 6 nitrogen and oxygen atoms in total. The van der Waals surface area contributed by atoms with Gasteiger partial charge in [-0.2, -0.15) is 0 Å². The summed E-state index contributed by atoms with van der Waals surface area (Å²) in [5.41, 5.74) is 0.360. The van der Waals surface area contributed by atoms with Crippen molar-refractivity contribution in [3.8, 4) is 5.75 Å². The van der Waals surface area contributed by atoms with Crippen LogP contribution < -0.4 is 11.2 Å². The van der Waals surface area contributed by atoms with Gasteiger partial charge in [-0.15, -0.1) is 0 Å². The van der Waals surface area contributed by atoms with Crippen molar-refractivity contribution in [1.82, 2.24) is 9.97 Å². The molecule has 0 radical (unpaired) electrons. The van der Waals surface area contributed by atoms with E-state index in [1.807, 2.05) is 0 Å². The Morgan fingerprint density at radius 2 is 2.10 bits per heavy atom. The highest BCUT2D eigenvalue weighted by atomic mass is 32.2. The van der Waals surface area contributed by atoms with Crippen molar-refractivity contribution >= 4 is 22.7 Å². The number of nitrogens with zero attached hydrogens (tertiary/aromatic N) is 1. The smallest absolute Gasteiger partial charge is 0.336 e. The zero-order valence-corrected chi connectivity index (χ0v) is 11.5. The number of fused-ring (bicyclic) bond motifs is 1. The molecule has 21 heavy (non-hydrogen) atoms. The van der Waals surface area contributed by atoms with Gasteiger partial charge in [-0.3, -0.25) is 4.79 Å². The number of nitrogens with one attached hydrogen (secondary N) is 1. The molecule has 0 saturated heterocycles. The molecule has 0 atom stereocenters. The normalized spacial score (nSPS) is 10.9. The lowest BCUT2D eigenvalue weighted by Crippen LogP contribution is -2.05. The largest absolute Gasteiger partial charge is 0.508 e. The molecule has 2 aromatic heterocycles. The molecule has 2 heterocycles. The predicted molar refractivity (Wildman–Crippen MR) is 78.6 cm³/mol. The highest BCUT2D eigenvalue weighted by molar-refractivity contribution is 7.98. The average Bonchev–Trinajstić information content (AvgIpc) is 2.44. The van der Waals surface area contributed by atoms with Gasteiger partial charge >= 0.3 is 5.63 Å². The summed E-state index contributed by atoms with van der Waals surface area (Å²) in [6.45, 7) is 0. The lowest BCUT2D eigenvalue weighted by atomic mass is 10.1. The molecule has 0 fully saturated rings. The Hall–Kier alpha value is -2.54. The minimum Gasteiger partial charge on any atom is -0.508 e. The number of hydrogen-bond donors (Lipinski definition) is 2. The molecule has 106 valence electrons. The monoisotopic (exact) mass is 302 g/mol. The van der Waals surface area contributed by atoms with Crippen molar-refractivity contribution in [2.45, 2.75) is 10.9 Å². The van der Waals surface area contributed by atoms with Crippen LogP contribution in [0.4, 0.5) is 0 Å². The molecular weight excluding hydrogens is 292 g/mol. The molecule has 0 aliphatic rings. The summed E-state index contributed by atoms with van der Waals surface area (Å²) >= 11 is 1.31. The zero-order chi connectivity index (χ0) is 14.8. The lowest BCUT2D eigenvalue weighted by molar-refractivity contribution is 0.473. The molecule has 1 aromatic carbocycles. The molecule has 3 rings (SSSR count). The van der Waals surface area contributed by atoms with E-state index in [2.05, 4.69) is 9.97 Å². The fourth-order valence-electron chi connectivity index (χ4n) is 1.91. The van der Waals surface area contributed by atoms with Gasteiger partial charge in [-0.1, -0.05) is 11.8 Å². The number of aromatic nitrogens is 2. The first-order valence-corrected chi connectivity index (χ1v) is 7.04. The van der Waals surface area contributed by atoms with E-state index >= 15 is 0 Å². The third kappa shape index (κ3) is 2.97. The quantitative estimate of drug-likeness (QED) is 0.435. The molecule has 0 unspecified atom stereocenters. The third-order valence-electron chi connectivity index (χ3n) is 2.83. The van der Waals surface area contributed by atoms with Gasteiger partial charge in [0.25, 0.3) is 5.56 Å². The van der Waals surface area contributed by atoms with Crippen molar-refractivity contribution in [2.75, 3.05) is 0 Å². The van der Waals surface area contributed by atoms with Crippen molar-refractivity contribution in [3.05, 3.63) is 62.9 Å². The van der Waals surface area contributed by atoms with Crippen LogP contribution in [0.2, 0.25) is 0 Å². The lowest BCUT2D eigenvalue weighted by Gasteiger charge is -2.05.